The van der Waals surface area contributed by atoms with E-state index < -0.39 is 5.54 Å². The Hall–Kier alpha value is -1.32. The van der Waals surface area contributed by atoms with Crippen LogP contribution in [-0.2, 0) is 14.3 Å². The van der Waals surface area contributed by atoms with Crippen molar-refractivity contribution in [2.75, 3.05) is 7.11 Å². The monoisotopic (exact) mass is 307 g/mol. The van der Waals surface area contributed by atoms with Crippen LogP contribution in [0, 0.1) is 17.3 Å². The van der Waals surface area contributed by atoms with Crippen LogP contribution in [0.4, 0.5) is 0 Å². The summed E-state index contributed by atoms with van der Waals surface area (Å²) in [6.45, 7) is 8.35. The summed E-state index contributed by atoms with van der Waals surface area (Å²) in [5, 5.41) is 3.06. The first kappa shape index (κ1) is 17.0. The molecule has 2 unspecified atom stereocenters. The molecule has 0 bridgehead atoms. The third-order valence-corrected chi connectivity index (χ3v) is 5.35. The minimum atomic E-state index is -0.807. The number of carbonyl (C=O) groups is 2. The van der Waals surface area contributed by atoms with Gasteiger partial charge in [0.15, 0.2) is 0 Å². The van der Waals surface area contributed by atoms with Crippen molar-refractivity contribution in [3.8, 4) is 0 Å². The largest absolute Gasteiger partial charge is 0.467 e. The van der Waals surface area contributed by atoms with Crippen LogP contribution in [0.25, 0.3) is 0 Å². The summed E-state index contributed by atoms with van der Waals surface area (Å²) < 4.78 is 4.97. The van der Waals surface area contributed by atoms with E-state index >= 15 is 0 Å². The van der Waals surface area contributed by atoms with Crippen LogP contribution < -0.4 is 5.32 Å². The van der Waals surface area contributed by atoms with Gasteiger partial charge in [-0.3, -0.25) is 4.79 Å². The van der Waals surface area contributed by atoms with Crippen LogP contribution in [0.1, 0.15) is 59.8 Å². The zero-order valence-electron chi connectivity index (χ0n) is 14.5. The molecule has 1 amide bonds. The van der Waals surface area contributed by atoms with E-state index in [0.29, 0.717) is 12.8 Å². The summed E-state index contributed by atoms with van der Waals surface area (Å²) in [5.41, 5.74) is 0.389. The number of carbonyl (C=O) groups excluding carboxylic acids is 2. The molecule has 0 spiro atoms. The maximum Gasteiger partial charge on any atom is 0.331 e. The number of ether oxygens (including phenoxy) is 1. The quantitative estimate of drug-likeness (QED) is 0.641. The molecule has 0 aliphatic heterocycles. The average Bonchev–Trinajstić information content (AvgIpc) is 2.99. The molecule has 1 N–H and O–H groups in total. The van der Waals surface area contributed by atoms with Crippen molar-refractivity contribution in [1.29, 1.82) is 0 Å². The second-order valence-electron chi connectivity index (χ2n) is 7.69. The molecule has 0 aromatic carbocycles. The maximum atomic E-state index is 12.8. The molecule has 0 saturated heterocycles. The van der Waals surface area contributed by atoms with E-state index in [1.165, 1.54) is 12.7 Å². The molecule has 4 heteroatoms. The molecule has 22 heavy (non-hydrogen) atoms. The molecule has 2 rings (SSSR count). The fraction of sp³-hybridized carbons (Fsp3) is 0.778. The number of methoxy groups -OCH3 is 1. The molecule has 2 atom stereocenters. The van der Waals surface area contributed by atoms with Crippen molar-refractivity contribution in [2.45, 2.75) is 65.3 Å². The third kappa shape index (κ3) is 3.06. The molecule has 2 fully saturated rings. The first-order chi connectivity index (χ1) is 10.2. The van der Waals surface area contributed by atoms with Gasteiger partial charge < -0.3 is 10.1 Å². The Balaban J connectivity index is 2.13. The number of hydrogen-bond acceptors (Lipinski definition) is 3. The molecule has 2 aliphatic carbocycles. The summed E-state index contributed by atoms with van der Waals surface area (Å²) in [4.78, 5) is 25.0. The smallest absolute Gasteiger partial charge is 0.331 e. The summed E-state index contributed by atoms with van der Waals surface area (Å²) in [7, 11) is 1.40. The zero-order chi connectivity index (χ0) is 16.5. The minimum Gasteiger partial charge on any atom is -0.467 e. The number of esters is 1. The summed E-state index contributed by atoms with van der Waals surface area (Å²) in [6, 6.07) is 0. The molecule has 2 aliphatic rings. The number of amides is 1. The fourth-order valence-corrected chi connectivity index (χ4v) is 3.89. The van der Waals surface area contributed by atoms with Gasteiger partial charge >= 0.3 is 5.97 Å². The minimum absolute atomic E-state index is 0.000185. The maximum absolute atomic E-state index is 12.8. The summed E-state index contributed by atoms with van der Waals surface area (Å²) >= 11 is 0. The number of hydrogen-bond donors (Lipinski definition) is 1. The van der Waals surface area contributed by atoms with Crippen LogP contribution in [0.5, 0.6) is 0 Å². The van der Waals surface area contributed by atoms with Crippen molar-refractivity contribution in [3.63, 3.8) is 0 Å². The van der Waals surface area contributed by atoms with E-state index in [4.69, 9.17) is 4.74 Å². The highest BCUT2D eigenvalue weighted by Gasteiger charge is 2.61. The predicted octanol–water partition coefficient (Wildman–Crippen LogP) is 3.22. The Kier molecular flexibility index (Phi) is 4.69. The van der Waals surface area contributed by atoms with Crippen LogP contribution in [0.3, 0.4) is 0 Å². The highest BCUT2D eigenvalue weighted by atomic mass is 16.5. The van der Waals surface area contributed by atoms with Crippen LogP contribution >= 0.6 is 0 Å². The van der Waals surface area contributed by atoms with Gasteiger partial charge in [-0.25, -0.2) is 4.79 Å². The van der Waals surface area contributed by atoms with Gasteiger partial charge in [-0.2, -0.15) is 0 Å². The molecule has 0 aromatic heterocycles. The van der Waals surface area contributed by atoms with E-state index in [2.05, 4.69) is 39.1 Å². The van der Waals surface area contributed by atoms with E-state index in [1.54, 1.807) is 0 Å². The molecular formula is C18H29NO3. The van der Waals surface area contributed by atoms with Crippen LogP contribution in [-0.4, -0.2) is 24.5 Å². The first-order valence-corrected chi connectivity index (χ1v) is 8.30. The summed E-state index contributed by atoms with van der Waals surface area (Å²) in [6.07, 6.45) is 6.58. The van der Waals surface area contributed by atoms with Crippen molar-refractivity contribution in [1.82, 2.24) is 5.32 Å². The lowest BCUT2D eigenvalue weighted by atomic mass is 9.81. The Morgan fingerprint density at radius 1 is 1.14 bits per heavy atom. The van der Waals surface area contributed by atoms with Gasteiger partial charge in [0.1, 0.15) is 5.54 Å². The lowest BCUT2D eigenvalue weighted by Gasteiger charge is -2.35. The van der Waals surface area contributed by atoms with Gasteiger partial charge in [-0.15, -0.1) is 0 Å². The second kappa shape index (κ2) is 6.05. The van der Waals surface area contributed by atoms with E-state index in [9.17, 15) is 9.59 Å². The van der Waals surface area contributed by atoms with Gasteiger partial charge in [0.25, 0.3) is 0 Å². The highest BCUT2D eigenvalue weighted by Crippen LogP contribution is 2.59. The molecule has 2 saturated carbocycles. The Labute approximate surface area is 133 Å². The molecular weight excluding hydrogens is 278 g/mol. The molecule has 4 nitrogen and oxygen atoms in total. The Morgan fingerprint density at radius 3 is 2.23 bits per heavy atom. The lowest BCUT2D eigenvalue weighted by Crippen LogP contribution is -2.56. The van der Waals surface area contributed by atoms with E-state index in [1.807, 2.05) is 0 Å². The Morgan fingerprint density at radius 2 is 1.73 bits per heavy atom. The predicted molar refractivity (Wildman–Crippen MR) is 86.2 cm³/mol. The molecule has 124 valence electrons. The topological polar surface area (TPSA) is 55.4 Å². The van der Waals surface area contributed by atoms with Gasteiger partial charge in [0, 0.05) is 0 Å². The summed E-state index contributed by atoms with van der Waals surface area (Å²) in [5.74, 6) is -0.0841. The van der Waals surface area contributed by atoms with Crippen molar-refractivity contribution >= 4 is 11.9 Å². The fourth-order valence-electron chi connectivity index (χ4n) is 3.89. The van der Waals surface area contributed by atoms with E-state index in [0.717, 1.165) is 19.3 Å². The Bertz CT molecular complexity index is 483. The number of rotatable bonds is 4. The normalized spacial score (nSPS) is 28.4. The first-order valence-electron chi connectivity index (χ1n) is 8.30. The molecule has 0 aromatic rings. The van der Waals surface area contributed by atoms with E-state index in [-0.39, 0.29) is 29.1 Å². The van der Waals surface area contributed by atoms with Gasteiger partial charge in [0.2, 0.25) is 5.91 Å². The lowest BCUT2D eigenvalue weighted by molar-refractivity contribution is -0.153. The number of nitrogens with one attached hydrogen (secondary N) is 1. The number of allylic oxidation sites excluding steroid dienone is 2. The van der Waals surface area contributed by atoms with Crippen molar-refractivity contribution in [3.05, 3.63) is 11.6 Å². The van der Waals surface area contributed by atoms with Crippen molar-refractivity contribution in [2.24, 2.45) is 17.3 Å². The average molecular weight is 307 g/mol. The zero-order valence-corrected chi connectivity index (χ0v) is 14.5. The van der Waals surface area contributed by atoms with Crippen molar-refractivity contribution < 1.29 is 14.3 Å². The van der Waals surface area contributed by atoms with Gasteiger partial charge in [0.05, 0.1) is 13.0 Å². The molecule has 0 radical (unpaired) electrons. The second-order valence-corrected chi connectivity index (χ2v) is 7.69. The highest BCUT2D eigenvalue weighted by molar-refractivity contribution is 5.91. The van der Waals surface area contributed by atoms with Gasteiger partial charge in [-0.1, -0.05) is 44.8 Å². The molecule has 0 heterocycles. The van der Waals surface area contributed by atoms with Crippen LogP contribution in [0.15, 0.2) is 11.6 Å². The van der Waals surface area contributed by atoms with Crippen LogP contribution in [0.2, 0.25) is 0 Å². The third-order valence-electron chi connectivity index (χ3n) is 5.35. The van der Waals surface area contributed by atoms with Gasteiger partial charge in [-0.05, 0) is 38.0 Å². The standard InChI is InChI=1S/C18H29NO3/c1-12(2)11-13-14(17(13,3)4)15(20)19-18(16(21)22-5)9-7-6-8-10-18/h11,13-14H,6-10H2,1-5H3,(H,19,20). The SMILES string of the molecule is COC(=O)C1(NC(=O)C2C(C=C(C)C)C2(C)C)CCCCC1.